The smallest absolute Gasteiger partial charge is 0.305 e. The van der Waals surface area contributed by atoms with E-state index < -0.39 is 0 Å². The summed E-state index contributed by atoms with van der Waals surface area (Å²) in [7, 11) is 0. The highest BCUT2D eigenvalue weighted by Crippen LogP contribution is 2.47. The van der Waals surface area contributed by atoms with Crippen LogP contribution < -0.4 is 0 Å². The number of hydrogen-bond donors (Lipinski definition) is 1. The highest BCUT2D eigenvalue weighted by Gasteiger charge is 2.38. The molecule has 6 aliphatic carbocycles. The van der Waals surface area contributed by atoms with Crippen LogP contribution in [0.5, 0.6) is 0 Å². The van der Waals surface area contributed by atoms with Gasteiger partial charge in [-0.25, -0.2) is 0 Å². The molecule has 0 aromatic rings. The molecule has 0 bridgehead atoms. The van der Waals surface area contributed by atoms with Gasteiger partial charge in [-0.1, -0.05) is 246 Å². The second-order valence-corrected chi connectivity index (χ2v) is 45.4. The Kier molecular flexibility index (Phi) is 74.1. The number of esters is 2. The lowest BCUT2D eigenvalue weighted by molar-refractivity contribution is -0.144. The lowest BCUT2D eigenvalue weighted by Crippen LogP contribution is -2.33. The molecule has 0 radical (unpaired) electrons. The molecule has 7 atom stereocenters. The van der Waals surface area contributed by atoms with E-state index >= 15 is 0 Å². The predicted molar refractivity (Wildman–Crippen MR) is 588 cm³/mol. The van der Waals surface area contributed by atoms with E-state index in [-0.39, 0.29) is 57.2 Å². The third-order valence-corrected chi connectivity index (χ3v) is 27.6. The average Bonchev–Trinajstić information content (AvgIpc) is 0.804. The number of carbonyl (C=O) groups excluding carboxylic acids is 9. The van der Waals surface area contributed by atoms with Gasteiger partial charge in [0.05, 0.1) is 19.8 Å². The summed E-state index contributed by atoms with van der Waals surface area (Å²) < 4.78 is 14.6. The number of ketones is 6. The first kappa shape index (κ1) is 136. The van der Waals surface area contributed by atoms with Gasteiger partial charge in [0.2, 0.25) is 0 Å². The van der Waals surface area contributed by atoms with E-state index in [1.807, 2.05) is 39.0 Å². The van der Waals surface area contributed by atoms with Crippen molar-refractivity contribution in [1.82, 2.24) is 0 Å². The summed E-state index contributed by atoms with van der Waals surface area (Å²) in [5, 5.41) is 8.63. The maximum atomic E-state index is 11.9. The van der Waals surface area contributed by atoms with Gasteiger partial charge in [0, 0.05) is 50.2 Å². The zero-order valence-electron chi connectivity index (χ0n) is 95.6. The van der Waals surface area contributed by atoms with Crippen molar-refractivity contribution in [2.75, 3.05) is 26.4 Å². The molecule has 0 aromatic heterocycles. The number of aliphatic hydroxyl groups excluding tert-OH is 1. The molecule has 784 valence electrons. The van der Waals surface area contributed by atoms with Gasteiger partial charge in [-0.3, -0.25) is 33.6 Å². The van der Waals surface area contributed by atoms with E-state index in [2.05, 4.69) is 261 Å². The zero-order valence-corrected chi connectivity index (χ0v) is 95.6. The molecule has 13 nitrogen and oxygen atoms in total. The minimum Gasteiger partial charge on any atom is -0.468 e. The highest BCUT2D eigenvalue weighted by atomic mass is 16.5. The van der Waals surface area contributed by atoms with E-state index in [0.717, 1.165) is 108 Å². The molecule has 7 unspecified atom stereocenters. The van der Waals surface area contributed by atoms with Crippen LogP contribution in [0.15, 0.2) is 164 Å². The fourth-order valence-electron chi connectivity index (χ4n) is 19.0. The van der Waals surface area contributed by atoms with Gasteiger partial charge in [0.25, 0.3) is 6.47 Å². The van der Waals surface area contributed by atoms with E-state index in [4.69, 9.17) is 14.6 Å². The number of ether oxygens (including phenoxy) is 3. The van der Waals surface area contributed by atoms with Gasteiger partial charge in [0.15, 0.2) is 23.1 Å². The number of carbonyl (C=O) groups is 9. The average molecular weight is 1910 g/mol. The minimum atomic E-state index is -0.179. The molecule has 6 rings (SSSR count). The Morgan fingerprint density at radius 1 is 0.445 bits per heavy atom. The van der Waals surface area contributed by atoms with Crippen LogP contribution in [-0.2, 0) is 57.4 Å². The van der Waals surface area contributed by atoms with E-state index in [9.17, 15) is 43.2 Å². The van der Waals surface area contributed by atoms with Crippen LogP contribution in [0.2, 0.25) is 0 Å². The predicted octanol–water partition coefficient (Wildman–Crippen LogP) is 34.7. The SMILES string of the molecule is C/C=C/C(=O)C1=C(C)CCCC1(C)C.C/C=C/C(=O)C1C(C)=CCCC1(C)C.CC(=O)/C=C/C1=C(C)CCCC1(C)C.CC(=O)/C=C/C1C(C)=CCCC1(C)C.CC(=O)CCC1=C(C)CCCC1(C)C.CC(=O)CCC1C(C)=CCCC1(C)C.CC(=O)OCCC(C)CCC=C(C)C.CC(C)=CCCC(C)CCO.CC(C)=CCCC(C)CCOC=O.CCC(=O)OCCC(C)CCC=C(C)C. The van der Waals surface area contributed by atoms with Crippen molar-refractivity contribution in [3.05, 3.63) is 164 Å². The van der Waals surface area contributed by atoms with Crippen molar-refractivity contribution >= 4 is 53.1 Å². The zero-order chi connectivity index (χ0) is 106. The molecule has 6 aliphatic rings. The van der Waals surface area contributed by atoms with E-state index in [1.165, 1.54) is 165 Å². The van der Waals surface area contributed by atoms with Crippen molar-refractivity contribution in [2.24, 2.45) is 73.9 Å². The summed E-state index contributed by atoms with van der Waals surface area (Å²) in [6.07, 6.45) is 65.4. The first-order chi connectivity index (χ1) is 63.6. The highest BCUT2D eigenvalue weighted by molar-refractivity contribution is 6.05. The molecule has 0 saturated heterocycles. The van der Waals surface area contributed by atoms with Gasteiger partial charge in [-0.2, -0.15) is 0 Å². The largest absolute Gasteiger partial charge is 0.468 e. The van der Waals surface area contributed by atoms with Crippen LogP contribution in [0.3, 0.4) is 0 Å². The van der Waals surface area contributed by atoms with Crippen LogP contribution >= 0.6 is 0 Å². The minimum absolute atomic E-state index is 0.0684. The number of aliphatic hydroxyl groups is 1. The van der Waals surface area contributed by atoms with Gasteiger partial charge in [-0.05, 0) is 417 Å². The van der Waals surface area contributed by atoms with Gasteiger partial charge < -0.3 is 28.9 Å². The van der Waals surface area contributed by atoms with E-state index in [0.29, 0.717) is 103 Å². The van der Waals surface area contributed by atoms with Crippen LogP contribution in [0, 0.1) is 73.9 Å². The molecule has 1 N–H and O–H groups in total. The Hall–Kier alpha value is -7.25. The van der Waals surface area contributed by atoms with Crippen LogP contribution in [0.1, 0.15) is 469 Å². The molecule has 0 amide bonds. The Labute approximate surface area is 843 Å². The second kappa shape index (κ2) is 74.7. The summed E-state index contributed by atoms with van der Waals surface area (Å²) >= 11 is 0. The fourth-order valence-corrected chi connectivity index (χ4v) is 19.0. The number of Topliss-reactive ketones (excluding diaryl/α,β-unsaturated/α-hetero) is 2. The van der Waals surface area contributed by atoms with Gasteiger partial charge in [0.1, 0.15) is 11.6 Å². The molecule has 0 spiro atoms. The maximum Gasteiger partial charge on any atom is 0.305 e. The number of allylic oxidation sites excluding steroid dienone is 28. The van der Waals surface area contributed by atoms with Crippen molar-refractivity contribution in [1.29, 1.82) is 0 Å². The van der Waals surface area contributed by atoms with Crippen molar-refractivity contribution in [3.63, 3.8) is 0 Å². The topological polar surface area (TPSA) is 202 Å². The van der Waals surface area contributed by atoms with E-state index in [1.54, 1.807) is 57.6 Å². The molecular weight excluding hydrogens is 1700 g/mol. The molecule has 137 heavy (non-hydrogen) atoms. The van der Waals surface area contributed by atoms with Crippen molar-refractivity contribution in [3.8, 4) is 0 Å². The molecular formula is C124H210O13. The Morgan fingerprint density at radius 3 is 1.24 bits per heavy atom. The molecule has 13 heteroatoms. The third kappa shape index (κ3) is 67.7. The first-order valence-electron chi connectivity index (χ1n) is 52.9. The summed E-state index contributed by atoms with van der Waals surface area (Å²) in [5.74, 6) is 4.78. The molecule has 0 fully saturated rings. The normalized spacial score (nSPS) is 19.3. The van der Waals surface area contributed by atoms with Crippen molar-refractivity contribution < 1.29 is 62.5 Å². The first-order valence-corrected chi connectivity index (χ1v) is 52.9. The lowest BCUT2D eigenvalue weighted by atomic mass is 9.67. The van der Waals surface area contributed by atoms with Gasteiger partial charge in [-0.15, -0.1) is 0 Å². The number of hydrogen-bond acceptors (Lipinski definition) is 13. The standard InChI is InChI=1S/C13H24O2.2C13H22O.4C13H20O.C12H22O2.C11H20O2.C10H20O/c1-5-13(14)15-10-9-12(4)8-6-7-11(2)3;4*1-10-6-5-9-13(3,4)12(10)8-7-11(2)14;2*1-5-7-11(14)12-10(2)8-6-9-13(12,3)4;1-10(2)6-5-7-11(3)8-9-14-12(4)13;1-10(2)5-4-6-11(3)7-8-13-9-12;1-9(2)5-4-6-10(3)7-8-11/h7,12H,5-6,8-10H2,1-4H3;5-9H2,1-4H3;6,12H,5,7-9H2,1-4H3;7-8H,5-6,9H2,1-4H3;6-8,12H,5,9H2,1-4H3;5,7H,6,8-9H2,1-4H3;5,7-8,12H,6,9H2,1-4H3;6,11H,5,7-9H2,1-4H3;5,9,11H,4,6-8H2,1-3H3;5,10-11H,4,6-8H2,1-3H3/b;;;2*8-7+;2*7-5+;;;. The van der Waals surface area contributed by atoms with Crippen LogP contribution in [-0.4, -0.2) is 84.6 Å². The maximum absolute atomic E-state index is 11.9. The summed E-state index contributed by atoms with van der Waals surface area (Å²) in [4.78, 5) is 98.8. The summed E-state index contributed by atoms with van der Waals surface area (Å²) in [6.45, 7) is 81.9. The fraction of sp³-hybridized carbons (Fsp3) is 0.702. The third-order valence-electron chi connectivity index (χ3n) is 27.6. The molecule has 0 aliphatic heterocycles. The monoisotopic (exact) mass is 1910 g/mol. The summed E-state index contributed by atoms with van der Waals surface area (Å²) in [6, 6.07) is 0. The van der Waals surface area contributed by atoms with Crippen molar-refractivity contribution in [2.45, 2.75) is 469 Å². The van der Waals surface area contributed by atoms with Crippen LogP contribution in [0.25, 0.3) is 0 Å². The molecule has 0 aromatic carbocycles. The molecule has 0 saturated carbocycles. The quantitative estimate of drug-likeness (QED) is 0.0152. The Balaban J connectivity index is -0.000000718. The Morgan fingerprint density at radius 2 is 0.854 bits per heavy atom. The van der Waals surface area contributed by atoms with Gasteiger partial charge >= 0.3 is 11.9 Å². The van der Waals surface area contributed by atoms with Crippen LogP contribution in [0.4, 0.5) is 0 Å². The summed E-state index contributed by atoms with van der Waals surface area (Å²) in [5.41, 5.74) is 19.3. The lowest BCUT2D eigenvalue weighted by Gasteiger charge is -2.38. The number of rotatable bonds is 39. The Bertz CT molecular complexity index is 4000. The molecule has 0 heterocycles. The second-order valence-electron chi connectivity index (χ2n) is 45.4.